The fourth-order valence-electron chi connectivity index (χ4n) is 4.59. The molecule has 3 aromatic rings. The maximum absolute atomic E-state index is 11.9. The molecule has 0 bridgehead atoms. The first kappa shape index (κ1) is 23.2. The third-order valence-corrected chi connectivity index (χ3v) is 6.59. The smallest absolute Gasteiger partial charge is 0.311 e. The molecule has 1 aliphatic rings. The number of ether oxygens (including phenoxy) is 1. The van der Waals surface area contributed by atoms with Crippen molar-refractivity contribution in [3.05, 3.63) is 59.7 Å². The normalized spacial score (nSPS) is 20.2. The first-order valence-electron chi connectivity index (χ1n) is 11.6. The van der Waals surface area contributed by atoms with Crippen LogP contribution in [0.4, 0.5) is 0 Å². The van der Waals surface area contributed by atoms with Gasteiger partial charge in [0.25, 0.3) is 5.89 Å². The van der Waals surface area contributed by atoms with Gasteiger partial charge in [0.05, 0.1) is 12.5 Å². The van der Waals surface area contributed by atoms with E-state index in [0.29, 0.717) is 23.7 Å². The molecule has 33 heavy (non-hydrogen) atoms. The summed E-state index contributed by atoms with van der Waals surface area (Å²) in [6, 6.07) is 17.0. The monoisotopic (exact) mass is 447 g/mol. The predicted molar refractivity (Wildman–Crippen MR) is 128 cm³/mol. The number of hydrogen-bond donors (Lipinski definition) is 0. The molecule has 0 saturated heterocycles. The van der Waals surface area contributed by atoms with Crippen LogP contribution in [0.25, 0.3) is 22.8 Å². The van der Waals surface area contributed by atoms with Crippen LogP contribution in [0, 0.1) is 11.3 Å². The molecular weight excluding hydrogens is 414 g/mol. The molecule has 0 aliphatic heterocycles. The van der Waals surface area contributed by atoms with Crippen LogP contribution >= 0.6 is 0 Å². The number of hydrogen-bond acceptors (Lipinski definition) is 6. The van der Waals surface area contributed by atoms with Crippen LogP contribution in [0.15, 0.2) is 53.1 Å². The number of carbonyl (C=O) groups is 1. The summed E-state index contributed by atoms with van der Waals surface area (Å²) in [7, 11) is 3.57. The summed E-state index contributed by atoms with van der Waals surface area (Å²) in [4.78, 5) is 18.8. The van der Waals surface area contributed by atoms with E-state index in [1.54, 1.807) is 0 Å². The predicted octanol–water partition coefficient (Wildman–Crippen LogP) is 5.38. The maximum atomic E-state index is 11.9. The number of benzene rings is 2. The van der Waals surface area contributed by atoms with Gasteiger partial charge in [0, 0.05) is 23.7 Å². The van der Waals surface area contributed by atoms with Crippen LogP contribution in [0.5, 0.6) is 0 Å². The molecule has 1 fully saturated rings. The highest BCUT2D eigenvalue weighted by atomic mass is 16.5. The highest BCUT2D eigenvalue weighted by Crippen LogP contribution is 2.44. The van der Waals surface area contributed by atoms with Gasteiger partial charge < -0.3 is 9.26 Å². The summed E-state index contributed by atoms with van der Waals surface area (Å²) in [6.07, 6.45) is 2.72. The fourth-order valence-corrected chi connectivity index (χ4v) is 4.59. The summed E-state index contributed by atoms with van der Waals surface area (Å²) in [6.45, 7) is 7.24. The van der Waals surface area contributed by atoms with Crippen molar-refractivity contribution in [2.75, 3.05) is 14.2 Å². The molecule has 0 radical (unpaired) electrons. The Morgan fingerprint density at radius 2 is 1.70 bits per heavy atom. The molecule has 174 valence electrons. The van der Waals surface area contributed by atoms with Crippen molar-refractivity contribution in [2.45, 2.75) is 52.6 Å². The SMILES string of the molecule is COC(=O)C1(C)CC(N(C)Cc2ccc(-c3noc(-c4ccc(CC(C)C)cc4)n3)cc2)C1. The van der Waals surface area contributed by atoms with Gasteiger partial charge >= 0.3 is 5.97 Å². The third kappa shape index (κ3) is 5.17. The summed E-state index contributed by atoms with van der Waals surface area (Å²) < 4.78 is 10.4. The van der Waals surface area contributed by atoms with E-state index in [1.165, 1.54) is 18.2 Å². The summed E-state index contributed by atoms with van der Waals surface area (Å²) in [5.41, 5.74) is 4.03. The summed E-state index contributed by atoms with van der Waals surface area (Å²) in [5, 5.41) is 4.18. The van der Waals surface area contributed by atoms with Gasteiger partial charge in [-0.15, -0.1) is 0 Å². The second-order valence-corrected chi connectivity index (χ2v) is 9.94. The lowest BCUT2D eigenvalue weighted by Crippen LogP contribution is -2.52. The van der Waals surface area contributed by atoms with Crippen molar-refractivity contribution in [3.63, 3.8) is 0 Å². The minimum absolute atomic E-state index is 0.109. The molecule has 6 nitrogen and oxygen atoms in total. The molecule has 6 heteroatoms. The Morgan fingerprint density at radius 3 is 2.30 bits per heavy atom. The van der Waals surface area contributed by atoms with Gasteiger partial charge in [-0.05, 0) is 62.4 Å². The minimum Gasteiger partial charge on any atom is -0.469 e. The standard InChI is InChI=1S/C27H33N3O3/c1-18(2)14-19-6-12-22(13-7-19)25-28-24(29-33-25)21-10-8-20(9-11-21)17-30(4)23-15-27(3,16-23)26(31)32-5/h6-13,18,23H,14-17H2,1-5H3. The van der Waals surface area contributed by atoms with E-state index in [-0.39, 0.29) is 11.4 Å². The van der Waals surface area contributed by atoms with Gasteiger partial charge in [0.2, 0.25) is 5.82 Å². The number of esters is 1. The summed E-state index contributed by atoms with van der Waals surface area (Å²) >= 11 is 0. The van der Waals surface area contributed by atoms with Crippen LogP contribution in [0.1, 0.15) is 44.7 Å². The Hall–Kier alpha value is -2.99. The number of aromatic nitrogens is 2. The fraction of sp³-hybridized carbons (Fsp3) is 0.444. The van der Waals surface area contributed by atoms with Gasteiger partial charge in [0.15, 0.2) is 0 Å². The van der Waals surface area contributed by atoms with Crippen LogP contribution in [0.2, 0.25) is 0 Å². The van der Waals surface area contributed by atoms with Crippen LogP contribution in [0.3, 0.4) is 0 Å². The van der Waals surface area contributed by atoms with Crippen LogP contribution < -0.4 is 0 Å². The number of carbonyl (C=O) groups excluding carboxylic acids is 1. The highest BCUT2D eigenvalue weighted by Gasteiger charge is 2.48. The van der Waals surface area contributed by atoms with Crippen molar-refractivity contribution in [2.24, 2.45) is 11.3 Å². The molecule has 1 aromatic heterocycles. The van der Waals surface area contributed by atoms with E-state index in [1.807, 2.05) is 31.2 Å². The highest BCUT2D eigenvalue weighted by molar-refractivity contribution is 5.77. The van der Waals surface area contributed by atoms with Crippen molar-refractivity contribution in [1.82, 2.24) is 15.0 Å². The van der Waals surface area contributed by atoms with E-state index < -0.39 is 0 Å². The van der Waals surface area contributed by atoms with Gasteiger partial charge in [-0.25, -0.2) is 0 Å². The van der Waals surface area contributed by atoms with E-state index in [0.717, 1.165) is 36.9 Å². The second-order valence-electron chi connectivity index (χ2n) is 9.94. The zero-order chi connectivity index (χ0) is 23.6. The largest absolute Gasteiger partial charge is 0.469 e. The Bertz CT molecular complexity index is 1080. The zero-order valence-corrected chi connectivity index (χ0v) is 20.2. The molecule has 0 spiro atoms. The van der Waals surface area contributed by atoms with Crippen molar-refractivity contribution >= 4 is 5.97 Å². The van der Waals surface area contributed by atoms with Gasteiger partial charge in [-0.3, -0.25) is 9.69 Å². The van der Waals surface area contributed by atoms with Crippen LogP contribution in [-0.2, 0) is 22.5 Å². The first-order valence-corrected chi connectivity index (χ1v) is 11.6. The van der Waals surface area contributed by atoms with Gasteiger partial charge in [0.1, 0.15) is 0 Å². The number of nitrogens with zero attached hydrogens (tertiary/aromatic N) is 3. The molecule has 1 aliphatic carbocycles. The molecule has 0 atom stereocenters. The van der Waals surface area contributed by atoms with E-state index in [2.05, 4.69) is 60.2 Å². The van der Waals surface area contributed by atoms with E-state index >= 15 is 0 Å². The lowest BCUT2D eigenvalue weighted by molar-refractivity contribution is -0.161. The van der Waals surface area contributed by atoms with Crippen LogP contribution in [-0.4, -0.2) is 41.2 Å². The average molecular weight is 448 g/mol. The Balaban J connectivity index is 1.36. The molecule has 1 saturated carbocycles. The molecule has 0 unspecified atom stereocenters. The molecule has 2 aromatic carbocycles. The van der Waals surface area contributed by atoms with E-state index in [9.17, 15) is 4.79 Å². The third-order valence-electron chi connectivity index (χ3n) is 6.59. The quantitative estimate of drug-likeness (QED) is 0.432. The topological polar surface area (TPSA) is 68.5 Å². The molecular formula is C27H33N3O3. The average Bonchev–Trinajstić information content (AvgIpc) is 3.27. The van der Waals surface area contributed by atoms with Crippen molar-refractivity contribution in [3.8, 4) is 22.8 Å². The number of methoxy groups -OCH3 is 1. The van der Waals surface area contributed by atoms with Gasteiger partial charge in [-0.2, -0.15) is 4.98 Å². The lowest BCUT2D eigenvalue weighted by Gasteiger charge is -2.46. The Labute approximate surface area is 196 Å². The first-order chi connectivity index (χ1) is 15.8. The molecule has 0 amide bonds. The van der Waals surface area contributed by atoms with Crippen molar-refractivity contribution in [1.29, 1.82) is 0 Å². The molecule has 0 N–H and O–H groups in total. The zero-order valence-electron chi connectivity index (χ0n) is 20.2. The molecule has 1 heterocycles. The Kier molecular flexibility index (Phi) is 6.66. The minimum atomic E-state index is -0.345. The second kappa shape index (κ2) is 9.48. The maximum Gasteiger partial charge on any atom is 0.311 e. The van der Waals surface area contributed by atoms with Crippen molar-refractivity contribution < 1.29 is 14.1 Å². The molecule has 4 rings (SSSR count). The van der Waals surface area contributed by atoms with E-state index in [4.69, 9.17) is 9.26 Å². The number of rotatable bonds is 8. The Morgan fingerprint density at radius 1 is 1.09 bits per heavy atom. The lowest BCUT2D eigenvalue weighted by atomic mass is 9.66. The summed E-state index contributed by atoms with van der Waals surface area (Å²) in [5.74, 6) is 1.64. The van der Waals surface area contributed by atoms with Gasteiger partial charge in [-0.1, -0.05) is 55.4 Å².